The van der Waals surface area contributed by atoms with E-state index < -0.39 is 0 Å². The number of unbranched alkanes of at least 4 members (excludes halogenated alkanes) is 5. The second kappa shape index (κ2) is 10.8. The minimum absolute atomic E-state index is 0.110. The van der Waals surface area contributed by atoms with E-state index in [0.717, 1.165) is 31.5 Å². The molecule has 1 amide bonds. The predicted molar refractivity (Wildman–Crippen MR) is 107 cm³/mol. The molecular formula is C20H33N3OS. The third kappa shape index (κ3) is 6.30. The molecule has 1 saturated heterocycles. The Morgan fingerprint density at radius 3 is 2.64 bits per heavy atom. The number of hydrogen-bond acceptors (Lipinski definition) is 4. The highest BCUT2D eigenvalue weighted by molar-refractivity contribution is 8.01. The molecule has 0 saturated carbocycles. The third-order valence-electron chi connectivity index (χ3n) is 4.71. The molecule has 2 heterocycles. The highest BCUT2D eigenvalue weighted by Gasteiger charge is 2.40. The number of pyridine rings is 1. The van der Waals surface area contributed by atoms with Crippen LogP contribution in [0.2, 0.25) is 0 Å². The van der Waals surface area contributed by atoms with Gasteiger partial charge in [0.1, 0.15) is 5.37 Å². The fraction of sp³-hybridized carbons (Fsp3) is 0.700. The molecule has 25 heavy (non-hydrogen) atoms. The van der Waals surface area contributed by atoms with Crippen LogP contribution in [0.5, 0.6) is 0 Å². The molecule has 2 atom stereocenters. The first-order valence-corrected chi connectivity index (χ1v) is 10.6. The summed E-state index contributed by atoms with van der Waals surface area (Å²) in [5, 5.41) is 0.227. The maximum Gasteiger partial charge on any atom is 0.236 e. The summed E-state index contributed by atoms with van der Waals surface area (Å²) in [5.74, 6) is 0.314. The number of carbonyl (C=O) groups excluding carboxylic acids is 1. The molecule has 4 nitrogen and oxygen atoms in total. The zero-order valence-corrected chi connectivity index (χ0v) is 16.8. The molecular weight excluding hydrogens is 330 g/mol. The Kier molecular flexibility index (Phi) is 8.76. The molecule has 0 N–H and O–H groups in total. The molecule has 140 valence electrons. The van der Waals surface area contributed by atoms with Gasteiger partial charge in [0.2, 0.25) is 5.91 Å². The molecule has 0 bridgehead atoms. The van der Waals surface area contributed by atoms with Crippen LogP contribution < -0.4 is 0 Å². The van der Waals surface area contributed by atoms with Crippen LogP contribution in [-0.4, -0.2) is 53.1 Å². The number of aromatic nitrogens is 1. The topological polar surface area (TPSA) is 36.4 Å². The van der Waals surface area contributed by atoms with E-state index in [0.29, 0.717) is 5.91 Å². The standard InChI is InChI=1S/C20H33N3OS/c1-4-5-6-7-8-9-12-18-19(24)23(15-14-22(2)3)20(25-18)17-11-10-13-21-16-17/h10-11,13,16,18,20H,4-9,12,14-15H2,1-3H3/t18-,20-/m1/s1. The van der Waals surface area contributed by atoms with Gasteiger partial charge in [0, 0.05) is 31.0 Å². The number of amides is 1. The van der Waals surface area contributed by atoms with Crippen molar-refractivity contribution in [3.05, 3.63) is 30.1 Å². The van der Waals surface area contributed by atoms with Gasteiger partial charge in [0.15, 0.2) is 0 Å². The Morgan fingerprint density at radius 1 is 1.20 bits per heavy atom. The summed E-state index contributed by atoms with van der Waals surface area (Å²) < 4.78 is 0. The van der Waals surface area contributed by atoms with Gasteiger partial charge in [-0.2, -0.15) is 0 Å². The lowest BCUT2D eigenvalue weighted by molar-refractivity contribution is -0.130. The third-order valence-corrected chi connectivity index (χ3v) is 6.26. The van der Waals surface area contributed by atoms with Crippen molar-refractivity contribution in [3.8, 4) is 0 Å². The molecule has 1 aliphatic rings. The summed E-state index contributed by atoms with van der Waals surface area (Å²) >= 11 is 1.82. The van der Waals surface area contributed by atoms with E-state index in [9.17, 15) is 4.79 Å². The quantitative estimate of drug-likeness (QED) is 0.548. The molecule has 0 spiro atoms. The van der Waals surface area contributed by atoms with Crippen LogP contribution in [0.4, 0.5) is 0 Å². The van der Waals surface area contributed by atoms with Crippen LogP contribution in [0.15, 0.2) is 24.5 Å². The molecule has 0 aliphatic carbocycles. The number of likely N-dealkylation sites (N-methyl/N-ethyl adjacent to an activating group) is 1. The van der Waals surface area contributed by atoms with E-state index in [-0.39, 0.29) is 10.6 Å². The maximum absolute atomic E-state index is 12.9. The van der Waals surface area contributed by atoms with Gasteiger partial charge in [-0.15, -0.1) is 11.8 Å². The van der Waals surface area contributed by atoms with Gasteiger partial charge >= 0.3 is 0 Å². The Hall–Kier alpha value is -1.07. The maximum atomic E-state index is 12.9. The van der Waals surface area contributed by atoms with Crippen molar-refractivity contribution >= 4 is 17.7 Å². The van der Waals surface area contributed by atoms with E-state index in [1.54, 1.807) is 6.20 Å². The van der Waals surface area contributed by atoms with Gasteiger partial charge in [0.25, 0.3) is 0 Å². The van der Waals surface area contributed by atoms with E-state index in [2.05, 4.69) is 41.9 Å². The van der Waals surface area contributed by atoms with Gasteiger partial charge in [0.05, 0.1) is 5.25 Å². The molecule has 5 heteroatoms. The van der Waals surface area contributed by atoms with Crippen molar-refractivity contribution in [3.63, 3.8) is 0 Å². The Labute approximate surface area is 157 Å². The van der Waals surface area contributed by atoms with Crippen molar-refractivity contribution in [1.82, 2.24) is 14.8 Å². The van der Waals surface area contributed by atoms with Crippen molar-refractivity contribution in [2.24, 2.45) is 0 Å². The zero-order valence-electron chi connectivity index (χ0n) is 16.0. The van der Waals surface area contributed by atoms with Gasteiger partial charge in [-0.3, -0.25) is 9.78 Å². The average molecular weight is 364 g/mol. The van der Waals surface area contributed by atoms with E-state index in [1.165, 1.54) is 32.1 Å². The van der Waals surface area contributed by atoms with E-state index in [1.807, 2.05) is 24.0 Å². The minimum Gasteiger partial charge on any atom is -0.324 e. The predicted octanol–water partition coefficient (Wildman–Crippen LogP) is 4.34. The lowest BCUT2D eigenvalue weighted by Crippen LogP contribution is -2.36. The van der Waals surface area contributed by atoms with Crippen molar-refractivity contribution in [2.75, 3.05) is 27.2 Å². The average Bonchev–Trinajstić information content (AvgIpc) is 2.93. The van der Waals surface area contributed by atoms with Gasteiger partial charge < -0.3 is 9.80 Å². The fourth-order valence-corrected chi connectivity index (χ4v) is 4.72. The smallest absolute Gasteiger partial charge is 0.236 e. The number of carbonyl (C=O) groups is 1. The fourth-order valence-electron chi connectivity index (χ4n) is 3.21. The van der Waals surface area contributed by atoms with Crippen molar-refractivity contribution < 1.29 is 4.79 Å². The van der Waals surface area contributed by atoms with Crippen LogP contribution in [0.1, 0.15) is 62.8 Å². The first kappa shape index (κ1) is 20.2. The van der Waals surface area contributed by atoms with Gasteiger partial charge in [-0.05, 0) is 26.6 Å². The minimum atomic E-state index is 0.110. The second-order valence-corrected chi connectivity index (χ2v) is 8.44. The summed E-state index contributed by atoms with van der Waals surface area (Å²) in [5.41, 5.74) is 1.14. The molecule has 0 unspecified atom stereocenters. The van der Waals surface area contributed by atoms with Crippen molar-refractivity contribution in [1.29, 1.82) is 0 Å². The summed E-state index contributed by atoms with van der Waals surface area (Å²) in [4.78, 5) is 21.4. The number of nitrogens with zero attached hydrogens (tertiary/aromatic N) is 3. The van der Waals surface area contributed by atoms with Crippen LogP contribution in [0, 0.1) is 0 Å². The first-order valence-electron chi connectivity index (χ1n) is 9.64. The number of thioether (sulfide) groups is 1. The van der Waals surface area contributed by atoms with E-state index >= 15 is 0 Å². The zero-order chi connectivity index (χ0) is 18.1. The first-order chi connectivity index (χ1) is 12.1. The Balaban J connectivity index is 1.92. The van der Waals surface area contributed by atoms with Crippen LogP contribution in [0.25, 0.3) is 0 Å². The summed E-state index contributed by atoms with van der Waals surface area (Å²) in [6, 6.07) is 4.05. The molecule has 1 fully saturated rings. The Bertz CT molecular complexity index is 509. The number of hydrogen-bond donors (Lipinski definition) is 0. The highest BCUT2D eigenvalue weighted by Crippen LogP contribution is 2.44. The summed E-state index contributed by atoms with van der Waals surface area (Å²) in [6.07, 6.45) is 12.4. The van der Waals surface area contributed by atoms with Gasteiger partial charge in [-0.25, -0.2) is 0 Å². The monoisotopic (exact) mass is 363 g/mol. The number of rotatable bonds is 11. The van der Waals surface area contributed by atoms with Crippen LogP contribution in [0.3, 0.4) is 0 Å². The largest absolute Gasteiger partial charge is 0.324 e. The molecule has 0 radical (unpaired) electrons. The normalized spacial score (nSPS) is 20.6. The lowest BCUT2D eigenvalue weighted by atomic mass is 10.1. The molecule has 2 rings (SSSR count). The SMILES string of the molecule is CCCCCCCC[C@H]1S[C@H](c2cccnc2)N(CCN(C)C)C1=O. The molecule has 1 aromatic rings. The molecule has 0 aromatic carbocycles. The summed E-state index contributed by atoms with van der Waals surface area (Å²) in [6.45, 7) is 3.92. The highest BCUT2D eigenvalue weighted by atomic mass is 32.2. The van der Waals surface area contributed by atoms with Crippen LogP contribution in [-0.2, 0) is 4.79 Å². The van der Waals surface area contributed by atoms with Crippen LogP contribution >= 0.6 is 11.8 Å². The molecule has 1 aliphatic heterocycles. The van der Waals surface area contributed by atoms with E-state index in [4.69, 9.17) is 0 Å². The Morgan fingerprint density at radius 2 is 1.96 bits per heavy atom. The van der Waals surface area contributed by atoms with Crippen molar-refractivity contribution in [2.45, 2.75) is 62.5 Å². The second-order valence-electron chi connectivity index (χ2n) is 7.15. The molecule has 1 aromatic heterocycles. The summed E-state index contributed by atoms with van der Waals surface area (Å²) in [7, 11) is 4.11. The lowest BCUT2D eigenvalue weighted by Gasteiger charge is -2.25. The van der Waals surface area contributed by atoms with Gasteiger partial charge in [-0.1, -0.05) is 51.5 Å².